The van der Waals surface area contributed by atoms with Crippen molar-refractivity contribution in [1.82, 2.24) is 14.9 Å². The summed E-state index contributed by atoms with van der Waals surface area (Å²) in [6, 6.07) is 10.5. The Labute approximate surface area is 162 Å². The fraction of sp³-hybridized carbons (Fsp3) is 0.650. The zero-order valence-electron chi connectivity index (χ0n) is 16.1. The highest BCUT2D eigenvalue weighted by Crippen LogP contribution is 2.40. The molecule has 7 heteroatoms. The molecule has 1 amide bonds. The molecule has 1 aliphatic carbocycles. The van der Waals surface area contributed by atoms with Gasteiger partial charge in [-0.3, -0.25) is 9.69 Å². The molecular formula is C20H31N3O3S. The molecule has 1 aromatic carbocycles. The Kier molecular flexibility index (Phi) is 6.55. The summed E-state index contributed by atoms with van der Waals surface area (Å²) in [6.45, 7) is 2.56. The molecule has 27 heavy (non-hydrogen) atoms. The number of sulfonamides is 1. The molecule has 1 heterocycles. The Morgan fingerprint density at radius 1 is 1.15 bits per heavy atom. The van der Waals surface area contributed by atoms with E-state index in [1.165, 1.54) is 24.7 Å². The Balaban J connectivity index is 1.47. The molecule has 0 bridgehead atoms. The van der Waals surface area contributed by atoms with Gasteiger partial charge in [-0.1, -0.05) is 43.2 Å². The molecule has 2 N–H and O–H groups in total. The molecule has 0 atom stereocenters. The van der Waals surface area contributed by atoms with Crippen LogP contribution < -0.4 is 10.0 Å². The van der Waals surface area contributed by atoms with Crippen LogP contribution in [-0.2, 0) is 20.2 Å². The van der Waals surface area contributed by atoms with Crippen LogP contribution in [0, 0.1) is 0 Å². The monoisotopic (exact) mass is 393 g/mol. The Hall–Kier alpha value is -1.44. The largest absolute Gasteiger partial charge is 0.354 e. The summed E-state index contributed by atoms with van der Waals surface area (Å²) in [4.78, 5) is 14.6. The number of nitrogens with zero attached hydrogens (tertiary/aromatic N) is 1. The number of amides is 1. The average molecular weight is 394 g/mol. The van der Waals surface area contributed by atoms with Crippen LogP contribution in [0.2, 0.25) is 0 Å². The molecular weight excluding hydrogens is 362 g/mol. The summed E-state index contributed by atoms with van der Waals surface area (Å²) < 4.78 is 25.3. The van der Waals surface area contributed by atoms with E-state index >= 15 is 0 Å². The molecule has 1 saturated carbocycles. The lowest BCUT2D eigenvalue weighted by Crippen LogP contribution is -2.48. The number of carbonyl (C=O) groups is 1. The third kappa shape index (κ3) is 5.77. The highest BCUT2D eigenvalue weighted by Gasteiger charge is 2.35. The van der Waals surface area contributed by atoms with E-state index in [0.29, 0.717) is 13.1 Å². The van der Waals surface area contributed by atoms with Gasteiger partial charge in [0.2, 0.25) is 15.9 Å². The second kappa shape index (κ2) is 8.71. The summed E-state index contributed by atoms with van der Waals surface area (Å²) in [7, 11) is -3.16. The van der Waals surface area contributed by atoms with Crippen molar-refractivity contribution in [3.05, 3.63) is 35.9 Å². The number of hydrogen-bond donors (Lipinski definition) is 2. The van der Waals surface area contributed by atoms with Gasteiger partial charge in [0.05, 0.1) is 12.8 Å². The lowest BCUT2D eigenvalue weighted by atomic mass is 9.79. The van der Waals surface area contributed by atoms with E-state index in [0.717, 1.165) is 38.8 Å². The van der Waals surface area contributed by atoms with E-state index in [2.05, 4.69) is 39.2 Å². The third-order valence-electron chi connectivity index (χ3n) is 5.91. The molecule has 1 saturated heterocycles. The maximum absolute atomic E-state index is 12.5. The first-order valence-corrected chi connectivity index (χ1v) is 11.8. The van der Waals surface area contributed by atoms with Gasteiger partial charge in [0, 0.05) is 31.1 Å². The van der Waals surface area contributed by atoms with Crippen LogP contribution in [0.15, 0.2) is 30.3 Å². The number of nitrogens with one attached hydrogen (secondary N) is 2. The van der Waals surface area contributed by atoms with Crippen LogP contribution in [0.3, 0.4) is 0 Å². The highest BCUT2D eigenvalue weighted by atomic mass is 32.2. The number of piperidine rings is 1. The minimum atomic E-state index is -3.16. The van der Waals surface area contributed by atoms with Crippen LogP contribution >= 0.6 is 0 Å². The highest BCUT2D eigenvalue weighted by molar-refractivity contribution is 7.88. The van der Waals surface area contributed by atoms with E-state index in [1.807, 2.05) is 6.07 Å². The Morgan fingerprint density at radius 2 is 1.78 bits per heavy atom. The first-order chi connectivity index (χ1) is 12.9. The van der Waals surface area contributed by atoms with E-state index < -0.39 is 10.0 Å². The second-order valence-corrected chi connectivity index (χ2v) is 9.85. The second-order valence-electron chi connectivity index (χ2n) is 8.07. The lowest BCUT2D eigenvalue weighted by Gasteiger charge is -2.33. The van der Waals surface area contributed by atoms with Crippen molar-refractivity contribution in [2.75, 3.05) is 32.4 Å². The zero-order chi connectivity index (χ0) is 19.3. The van der Waals surface area contributed by atoms with E-state index in [4.69, 9.17) is 0 Å². The van der Waals surface area contributed by atoms with Gasteiger partial charge in [0.1, 0.15) is 0 Å². The topological polar surface area (TPSA) is 78.5 Å². The first kappa shape index (κ1) is 20.3. The van der Waals surface area contributed by atoms with Gasteiger partial charge >= 0.3 is 0 Å². The van der Waals surface area contributed by atoms with Crippen LogP contribution in [0.5, 0.6) is 0 Å². The molecule has 2 fully saturated rings. The predicted molar refractivity (Wildman–Crippen MR) is 107 cm³/mol. The van der Waals surface area contributed by atoms with Crippen LogP contribution in [0.1, 0.15) is 44.1 Å². The number of hydrogen-bond acceptors (Lipinski definition) is 4. The summed E-state index contributed by atoms with van der Waals surface area (Å²) in [5.74, 6) is 0.0618. The number of benzene rings is 1. The van der Waals surface area contributed by atoms with Crippen molar-refractivity contribution >= 4 is 15.9 Å². The van der Waals surface area contributed by atoms with E-state index in [1.54, 1.807) is 0 Å². The molecule has 0 spiro atoms. The normalized spacial score (nSPS) is 21.2. The number of likely N-dealkylation sites (tertiary alicyclic amines) is 1. The van der Waals surface area contributed by atoms with Gasteiger partial charge < -0.3 is 5.32 Å². The summed E-state index contributed by atoms with van der Waals surface area (Å²) in [5.41, 5.74) is 1.40. The molecule has 0 aromatic heterocycles. The van der Waals surface area contributed by atoms with Gasteiger partial charge in [-0.15, -0.1) is 0 Å². The van der Waals surface area contributed by atoms with Gasteiger partial charge in [0.25, 0.3) is 0 Å². The van der Waals surface area contributed by atoms with Gasteiger partial charge in [-0.25, -0.2) is 13.1 Å². The van der Waals surface area contributed by atoms with E-state index in [-0.39, 0.29) is 17.4 Å². The van der Waals surface area contributed by atoms with Crippen molar-refractivity contribution < 1.29 is 13.2 Å². The molecule has 1 aromatic rings. The van der Waals surface area contributed by atoms with Crippen molar-refractivity contribution in [3.63, 3.8) is 0 Å². The zero-order valence-corrected chi connectivity index (χ0v) is 16.9. The van der Waals surface area contributed by atoms with Crippen LogP contribution in [0.25, 0.3) is 0 Å². The van der Waals surface area contributed by atoms with Crippen LogP contribution in [-0.4, -0.2) is 57.7 Å². The molecule has 3 rings (SSSR count). The summed E-state index contributed by atoms with van der Waals surface area (Å²) in [6.07, 6.45) is 7.36. The number of carbonyl (C=O) groups excluding carboxylic acids is 1. The first-order valence-electron chi connectivity index (χ1n) is 9.88. The molecule has 1 aliphatic heterocycles. The molecule has 0 radical (unpaired) electrons. The Morgan fingerprint density at radius 3 is 2.37 bits per heavy atom. The Bertz CT molecular complexity index is 722. The molecule has 2 aliphatic rings. The molecule has 150 valence electrons. The smallest absolute Gasteiger partial charge is 0.234 e. The standard InChI is InChI=1S/C20H31N3O3S/c1-27(25,26)22-18-9-13-23(14-10-18)15-19(24)21-16-20(11-5-6-12-20)17-7-3-2-4-8-17/h2-4,7-8,18,22H,5-6,9-16H2,1H3,(H,21,24). The predicted octanol–water partition coefficient (Wildman–Crippen LogP) is 1.63. The van der Waals surface area contributed by atoms with Crippen molar-refractivity contribution in [2.45, 2.75) is 50.0 Å². The SMILES string of the molecule is CS(=O)(=O)NC1CCN(CC(=O)NCC2(c3ccccc3)CCCC2)CC1. The van der Waals surface area contributed by atoms with Crippen LogP contribution in [0.4, 0.5) is 0 Å². The maximum atomic E-state index is 12.5. The fourth-order valence-electron chi connectivity index (χ4n) is 4.45. The van der Waals surface area contributed by atoms with Crippen molar-refractivity contribution in [2.24, 2.45) is 0 Å². The molecule has 0 unspecified atom stereocenters. The van der Waals surface area contributed by atoms with E-state index in [9.17, 15) is 13.2 Å². The lowest BCUT2D eigenvalue weighted by molar-refractivity contribution is -0.122. The quantitative estimate of drug-likeness (QED) is 0.738. The fourth-order valence-corrected chi connectivity index (χ4v) is 5.29. The summed E-state index contributed by atoms with van der Waals surface area (Å²) in [5, 5.41) is 3.17. The minimum absolute atomic E-state index is 0.0147. The van der Waals surface area contributed by atoms with Gasteiger partial charge in [0.15, 0.2) is 0 Å². The molecule has 6 nitrogen and oxygen atoms in total. The third-order valence-corrected chi connectivity index (χ3v) is 6.67. The minimum Gasteiger partial charge on any atom is -0.354 e. The van der Waals surface area contributed by atoms with Gasteiger partial charge in [-0.05, 0) is 31.2 Å². The van der Waals surface area contributed by atoms with Crippen molar-refractivity contribution in [3.8, 4) is 0 Å². The summed E-state index contributed by atoms with van der Waals surface area (Å²) >= 11 is 0. The average Bonchev–Trinajstić information content (AvgIpc) is 3.12. The number of rotatable bonds is 7. The van der Waals surface area contributed by atoms with Gasteiger partial charge in [-0.2, -0.15) is 0 Å². The maximum Gasteiger partial charge on any atom is 0.234 e. The van der Waals surface area contributed by atoms with Crippen molar-refractivity contribution in [1.29, 1.82) is 0 Å².